The molecule has 2 unspecified atom stereocenters. The largest absolute Gasteiger partial charge is 0.369 e. The van der Waals surface area contributed by atoms with Gasteiger partial charge in [0.25, 0.3) is 10.1 Å². The lowest BCUT2D eigenvalue weighted by Crippen LogP contribution is -2.19. The molecule has 1 aromatic carbocycles. The number of benzene rings is 1. The van der Waals surface area contributed by atoms with E-state index in [1.165, 1.54) is 6.92 Å². The number of rotatable bonds is 5. The van der Waals surface area contributed by atoms with Crippen LogP contribution in [0.2, 0.25) is 0 Å². The second-order valence-corrected chi connectivity index (χ2v) is 8.08. The molecule has 1 heterocycles. The van der Waals surface area contributed by atoms with Gasteiger partial charge in [-0.2, -0.15) is 8.42 Å². The molecule has 6 nitrogen and oxygen atoms in total. The molecular weight excluding hydrogens is 350 g/mol. The average Bonchev–Trinajstić information content (AvgIpc) is 3.08. The van der Waals surface area contributed by atoms with Crippen molar-refractivity contribution in [1.82, 2.24) is 0 Å². The van der Waals surface area contributed by atoms with Gasteiger partial charge < -0.3 is 5.73 Å². The number of carbonyl (C=O) groups excluding carboxylic acids is 2. The SMILES string of the molecule is CC(C(N)=O)c1ccc(C(=O)C2C=CCS2)cc1.CCS(=O)(=O)O. The van der Waals surface area contributed by atoms with Crippen molar-refractivity contribution in [2.24, 2.45) is 5.73 Å². The monoisotopic (exact) mass is 371 g/mol. The fraction of sp³-hybridized carbons (Fsp3) is 0.375. The molecule has 1 aliphatic heterocycles. The minimum Gasteiger partial charge on any atom is -0.369 e. The van der Waals surface area contributed by atoms with Gasteiger partial charge in [0.1, 0.15) is 0 Å². The number of ketones is 1. The molecule has 2 rings (SSSR count). The van der Waals surface area contributed by atoms with E-state index in [9.17, 15) is 18.0 Å². The number of thioether (sulfide) groups is 1. The Bertz CT molecular complexity index is 710. The number of carbonyl (C=O) groups is 2. The maximum Gasteiger partial charge on any atom is 0.264 e. The van der Waals surface area contributed by atoms with Crippen LogP contribution in [0.25, 0.3) is 0 Å². The van der Waals surface area contributed by atoms with Gasteiger partial charge in [-0.05, 0) is 19.4 Å². The standard InChI is InChI=1S/C14H15NO2S.C2H6O3S/c1-9(14(15)17)10-4-6-11(7-5-10)13(16)12-3-2-8-18-12;1-2-6(3,4)5/h2-7,9,12H,8H2,1H3,(H2,15,17);2H2,1H3,(H,3,4,5). The Morgan fingerprint density at radius 3 is 2.25 bits per heavy atom. The summed E-state index contributed by atoms with van der Waals surface area (Å²) in [7, 11) is -3.66. The molecule has 0 spiro atoms. The van der Waals surface area contributed by atoms with Crippen LogP contribution in [0.3, 0.4) is 0 Å². The van der Waals surface area contributed by atoms with E-state index in [0.717, 1.165) is 11.3 Å². The summed E-state index contributed by atoms with van der Waals surface area (Å²) in [5, 5.41) is -0.0654. The molecule has 1 aliphatic rings. The van der Waals surface area contributed by atoms with Crippen LogP contribution in [0.5, 0.6) is 0 Å². The number of Topliss-reactive ketones (excluding diaryl/α,β-unsaturated/α-hetero) is 1. The molecule has 24 heavy (non-hydrogen) atoms. The first-order chi connectivity index (χ1) is 11.2. The lowest BCUT2D eigenvalue weighted by atomic mass is 9.98. The summed E-state index contributed by atoms with van der Waals surface area (Å²) in [6, 6.07) is 7.13. The minimum absolute atomic E-state index is 0.0654. The van der Waals surface area contributed by atoms with Crippen LogP contribution in [0.15, 0.2) is 36.4 Å². The molecule has 8 heteroatoms. The van der Waals surface area contributed by atoms with Crippen LogP contribution in [0, 0.1) is 0 Å². The first-order valence-corrected chi connectivity index (χ1v) is 9.98. The van der Waals surface area contributed by atoms with Crippen molar-refractivity contribution in [3.63, 3.8) is 0 Å². The molecule has 0 radical (unpaired) electrons. The lowest BCUT2D eigenvalue weighted by Gasteiger charge is -2.10. The van der Waals surface area contributed by atoms with Crippen molar-refractivity contribution in [1.29, 1.82) is 0 Å². The Morgan fingerprint density at radius 2 is 1.88 bits per heavy atom. The van der Waals surface area contributed by atoms with Gasteiger partial charge in [-0.1, -0.05) is 36.4 Å². The fourth-order valence-corrected chi connectivity index (χ4v) is 2.76. The molecule has 1 amide bonds. The highest BCUT2D eigenvalue weighted by molar-refractivity contribution is 8.01. The summed E-state index contributed by atoms with van der Waals surface area (Å²) in [5.41, 5.74) is 6.77. The molecule has 132 valence electrons. The number of hydrogen-bond donors (Lipinski definition) is 2. The summed E-state index contributed by atoms with van der Waals surface area (Å²) in [6.07, 6.45) is 3.95. The highest BCUT2D eigenvalue weighted by Gasteiger charge is 2.20. The van der Waals surface area contributed by atoms with Gasteiger partial charge in [0.05, 0.1) is 16.9 Å². The highest BCUT2D eigenvalue weighted by atomic mass is 32.2. The van der Waals surface area contributed by atoms with Crippen LogP contribution in [0.4, 0.5) is 0 Å². The first-order valence-electron chi connectivity index (χ1n) is 7.32. The van der Waals surface area contributed by atoms with E-state index in [1.54, 1.807) is 43.0 Å². The summed E-state index contributed by atoms with van der Waals surface area (Å²) >= 11 is 1.63. The third kappa shape index (κ3) is 6.46. The summed E-state index contributed by atoms with van der Waals surface area (Å²) in [6.45, 7) is 3.13. The van der Waals surface area contributed by atoms with E-state index in [1.807, 2.05) is 12.2 Å². The molecule has 1 aromatic rings. The zero-order valence-corrected chi connectivity index (χ0v) is 15.1. The molecular formula is C16H21NO5S2. The van der Waals surface area contributed by atoms with Gasteiger partial charge in [0, 0.05) is 11.3 Å². The van der Waals surface area contributed by atoms with Gasteiger partial charge in [0.2, 0.25) is 5.91 Å². The highest BCUT2D eigenvalue weighted by Crippen LogP contribution is 2.24. The zero-order valence-electron chi connectivity index (χ0n) is 13.5. The van der Waals surface area contributed by atoms with Crippen LogP contribution in [-0.4, -0.2) is 41.4 Å². The van der Waals surface area contributed by atoms with E-state index in [4.69, 9.17) is 10.3 Å². The summed E-state index contributed by atoms with van der Waals surface area (Å²) in [5.74, 6) is 0.130. The van der Waals surface area contributed by atoms with Crippen molar-refractivity contribution in [3.05, 3.63) is 47.5 Å². The van der Waals surface area contributed by atoms with Crippen molar-refractivity contribution in [2.45, 2.75) is 25.0 Å². The Hall–Kier alpha value is -1.64. The first kappa shape index (κ1) is 20.4. The molecule has 2 atom stereocenters. The third-order valence-corrected chi connectivity index (χ3v) is 5.27. The normalized spacial score (nSPS) is 17.7. The minimum atomic E-state index is -3.66. The van der Waals surface area contributed by atoms with Gasteiger partial charge >= 0.3 is 0 Å². The zero-order chi connectivity index (χ0) is 18.3. The maximum absolute atomic E-state index is 12.1. The van der Waals surface area contributed by atoms with E-state index in [0.29, 0.717) is 5.56 Å². The van der Waals surface area contributed by atoms with Gasteiger partial charge in [-0.25, -0.2) is 0 Å². The molecule has 0 saturated heterocycles. The van der Waals surface area contributed by atoms with E-state index in [2.05, 4.69) is 0 Å². The number of amides is 1. The van der Waals surface area contributed by atoms with Crippen LogP contribution in [0.1, 0.15) is 35.7 Å². The number of hydrogen-bond acceptors (Lipinski definition) is 5. The third-order valence-electron chi connectivity index (χ3n) is 3.43. The Kier molecular flexibility index (Phi) is 7.65. The molecule has 0 saturated carbocycles. The fourth-order valence-electron chi connectivity index (χ4n) is 1.82. The van der Waals surface area contributed by atoms with Crippen LogP contribution in [-0.2, 0) is 14.9 Å². The van der Waals surface area contributed by atoms with Gasteiger partial charge in [-0.3, -0.25) is 14.1 Å². The Balaban J connectivity index is 0.000000413. The predicted molar refractivity (Wildman–Crippen MR) is 95.9 cm³/mol. The molecule has 0 fully saturated rings. The quantitative estimate of drug-likeness (QED) is 0.465. The number of primary amides is 1. The van der Waals surface area contributed by atoms with Crippen LogP contribution >= 0.6 is 11.8 Å². The second kappa shape index (κ2) is 9.00. The van der Waals surface area contributed by atoms with E-state index >= 15 is 0 Å². The summed E-state index contributed by atoms with van der Waals surface area (Å²) in [4.78, 5) is 23.2. The maximum atomic E-state index is 12.1. The second-order valence-electron chi connectivity index (χ2n) is 5.16. The van der Waals surface area contributed by atoms with Crippen molar-refractivity contribution in [3.8, 4) is 0 Å². The summed E-state index contributed by atoms with van der Waals surface area (Å²) < 4.78 is 26.9. The van der Waals surface area contributed by atoms with Crippen molar-refractivity contribution in [2.75, 3.05) is 11.5 Å². The lowest BCUT2D eigenvalue weighted by molar-refractivity contribution is -0.119. The average molecular weight is 371 g/mol. The van der Waals surface area contributed by atoms with Crippen molar-refractivity contribution < 1.29 is 22.6 Å². The predicted octanol–water partition coefficient (Wildman–Crippen LogP) is 2.02. The van der Waals surface area contributed by atoms with Crippen molar-refractivity contribution >= 4 is 33.6 Å². The molecule has 3 N–H and O–H groups in total. The van der Waals surface area contributed by atoms with Gasteiger partial charge in [-0.15, -0.1) is 11.8 Å². The van der Waals surface area contributed by atoms with Gasteiger partial charge in [0.15, 0.2) is 5.78 Å². The molecule has 0 aromatic heterocycles. The smallest absolute Gasteiger partial charge is 0.264 e. The van der Waals surface area contributed by atoms with E-state index in [-0.39, 0.29) is 28.6 Å². The topological polar surface area (TPSA) is 115 Å². The van der Waals surface area contributed by atoms with E-state index < -0.39 is 10.1 Å². The molecule has 0 aliphatic carbocycles. The number of nitrogens with two attached hydrogens (primary N) is 1. The Morgan fingerprint density at radius 1 is 1.33 bits per heavy atom. The molecule has 0 bridgehead atoms. The Labute approximate surface area is 146 Å². The van der Waals surface area contributed by atoms with Crippen LogP contribution < -0.4 is 5.73 Å².